The van der Waals surface area contributed by atoms with Crippen LogP contribution in [-0.4, -0.2) is 6.04 Å². The number of nitrogens with one attached hydrogen (secondary N) is 1. The Bertz CT molecular complexity index is 586. The zero-order chi connectivity index (χ0) is 16.3. The number of para-hydroxylation sites is 1. The van der Waals surface area contributed by atoms with Crippen molar-refractivity contribution in [2.75, 3.05) is 5.32 Å². The monoisotopic (exact) mass is 311 g/mol. The molecule has 1 fully saturated rings. The summed E-state index contributed by atoms with van der Waals surface area (Å²) >= 11 is 0. The minimum Gasteiger partial charge on any atom is -0.381 e. The highest BCUT2D eigenvalue weighted by molar-refractivity contribution is 5.64. The second kappa shape index (κ2) is 4.65. The van der Waals surface area contributed by atoms with Crippen molar-refractivity contribution in [3.05, 3.63) is 29.3 Å². The van der Waals surface area contributed by atoms with E-state index < -0.39 is 11.7 Å². The third kappa shape index (κ3) is 2.40. The number of halogens is 3. The Kier molecular flexibility index (Phi) is 3.32. The number of anilines is 1. The molecule has 4 heteroatoms. The second-order valence-corrected chi connectivity index (χ2v) is 8.21. The molecule has 22 heavy (non-hydrogen) atoms. The molecule has 0 spiro atoms. The maximum Gasteiger partial charge on any atom is 0.418 e. The van der Waals surface area contributed by atoms with Gasteiger partial charge in [-0.1, -0.05) is 39.8 Å². The van der Waals surface area contributed by atoms with Crippen LogP contribution in [0, 0.1) is 11.3 Å². The van der Waals surface area contributed by atoms with E-state index in [1.807, 2.05) is 6.07 Å². The van der Waals surface area contributed by atoms with Crippen LogP contribution in [0.4, 0.5) is 18.9 Å². The average Bonchev–Trinajstić information content (AvgIpc) is 2.35. The van der Waals surface area contributed by atoms with Gasteiger partial charge in [-0.3, -0.25) is 0 Å². The molecule has 3 rings (SSSR count). The Labute approximate surface area is 130 Å². The molecule has 0 bridgehead atoms. The third-order valence-corrected chi connectivity index (χ3v) is 5.71. The maximum absolute atomic E-state index is 13.4. The molecule has 1 saturated carbocycles. The van der Waals surface area contributed by atoms with Gasteiger partial charge in [0.15, 0.2) is 0 Å². The highest BCUT2D eigenvalue weighted by Crippen LogP contribution is 2.53. The first kappa shape index (κ1) is 15.7. The van der Waals surface area contributed by atoms with Crippen molar-refractivity contribution in [2.45, 2.75) is 64.6 Å². The molecule has 1 heterocycles. The van der Waals surface area contributed by atoms with Crippen LogP contribution in [0.25, 0.3) is 0 Å². The number of benzene rings is 1. The molecule has 2 aliphatic rings. The summed E-state index contributed by atoms with van der Waals surface area (Å²) in [5.74, 6) is 0.386. The lowest BCUT2D eigenvalue weighted by Gasteiger charge is -2.52. The third-order valence-electron chi connectivity index (χ3n) is 5.71. The number of rotatable bonds is 0. The maximum atomic E-state index is 13.4. The predicted octanol–water partition coefficient (Wildman–Crippen LogP) is 5.60. The molecule has 2 atom stereocenters. The van der Waals surface area contributed by atoms with Crippen molar-refractivity contribution in [1.82, 2.24) is 0 Å². The van der Waals surface area contributed by atoms with Crippen molar-refractivity contribution in [3.63, 3.8) is 0 Å². The Hall–Kier alpha value is -1.19. The van der Waals surface area contributed by atoms with Gasteiger partial charge < -0.3 is 5.32 Å². The fraction of sp³-hybridized carbons (Fsp3) is 0.667. The minimum absolute atomic E-state index is 0.120. The van der Waals surface area contributed by atoms with Gasteiger partial charge in [0.25, 0.3) is 0 Å². The van der Waals surface area contributed by atoms with Gasteiger partial charge >= 0.3 is 6.18 Å². The summed E-state index contributed by atoms with van der Waals surface area (Å²) in [6.07, 6.45) is -1.20. The summed E-state index contributed by atoms with van der Waals surface area (Å²) in [5.41, 5.74) is 0.542. The number of fused-ring (bicyclic) bond motifs is 2. The number of hydrogen-bond acceptors (Lipinski definition) is 1. The molecule has 0 saturated heterocycles. The summed E-state index contributed by atoms with van der Waals surface area (Å²) in [7, 11) is 0. The molecule has 1 aliphatic carbocycles. The van der Waals surface area contributed by atoms with Gasteiger partial charge in [0.2, 0.25) is 0 Å². The summed E-state index contributed by atoms with van der Waals surface area (Å²) in [4.78, 5) is 0. The topological polar surface area (TPSA) is 12.0 Å². The van der Waals surface area contributed by atoms with E-state index in [1.54, 1.807) is 0 Å². The van der Waals surface area contributed by atoms with Crippen molar-refractivity contribution in [3.8, 4) is 0 Å². The summed E-state index contributed by atoms with van der Waals surface area (Å²) in [5, 5.41) is 3.27. The molecule has 0 radical (unpaired) electrons. The fourth-order valence-electron chi connectivity index (χ4n) is 4.47. The molecule has 1 nitrogen and oxygen atoms in total. The molecule has 0 aromatic heterocycles. The highest BCUT2D eigenvalue weighted by Gasteiger charge is 2.49. The van der Waals surface area contributed by atoms with Gasteiger partial charge in [-0.15, -0.1) is 0 Å². The van der Waals surface area contributed by atoms with Gasteiger partial charge in [0, 0.05) is 6.04 Å². The average molecular weight is 311 g/mol. The molecule has 1 N–H and O–H groups in total. The fourth-order valence-corrected chi connectivity index (χ4v) is 4.47. The van der Waals surface area contributed by atoms with E-state index in [1.165, 1.54) is 12.1 Å². The smallest absolute Gasteiger partial charge is 0.381 e. The summed E-state index contributed by atoms with van der Waals surface area (Å²) in [6.45, 7) is 8.62. The first-order valence-corrected chi connectivity index (χ1v) is 8.00. The van der Waals surface area contributed by atoms with Crippen molar-refractivity contribution >= 4 is 5.69 Å². The van der Waals surface area contributed by atoms with Gasteiger partial charge in [0.1, 0.15) is 0 Å². The molecular weight excluding hydrogens is 287 g/mol. The van der Waals surface area contributed by atoms with Gasteiger partial charge in [0.05, 0.1) is 11.3 Å². The number of alkyl halides is 3. The van der Waals surface area contributed by atoms with Gasteiger partial charge in [-0.25, -0.2) is 0 Å². The largest absolute Gasteiger partial charge is 0.418 e. The van der Waals surface area contributed by atoms with Crippen LogP contribution in [-0.2, 0) is 11.6 Å². The molecular formula is C18H24F3N. The Balaban J connectivity index is 2.11. The lowest BCUT2D eigenvalue weighted by Crippen LogP contribution is -2.51. The summed E-state index contributed by atoms with van der Waals surface area (Å²) in [6, 6.07) is 4.71. The first-order valence-electron chi connectivity index (χ1n) is 8.00. The highest BCUT2D eigenvalue weighted by atomic mass is 19.4. The van der Waals surface area contributed by atoms with Crippen LogP contribution in [0.3, 0.4) is 0 Å². The van der Waals surface area contributed by atoms with E-state index in [4.69, 9.17) is 0 Å². The molecule has 1 aromatic rings. The van der Waals surface area contributed by atoms with Crippen molar-refractivity contribution in [2.24, 2.45) is 11.3 Å². The SMILES string of the molecule is CC1(C)CC[C@@H]2C(C1)Nc1c(C(F)(F)F)cccc1C2(C)C. The van der Waals surface area contributed by atoms with Crippen LogP contribution in [0.1, 0.15) is 58.1 Å². The van der Waals surface area contributed by atoms with Crippen molar-refractivity contribution < 1.29 is 13.2 Å². The predicted molar refractivity (Wildman–Crippen MR) is 83.0 cm³/mol. The molecule has 1 unspecified atom stereocenters. The molecule has 0 amide bonds. The van der Waals surface area contributed by atoms with Crippen LogP contribution in [0.15, 0.2) is 18.2 Å². The number of hydrogen-bond donors (Lipinski definition) is 1. The van der Waals surface area contributed by atoms with Crippen LogP contribution in [0.2, 0.25) is 0 Å². The Morgan fingerprint density at radius 2 is 1.82 bits per heavy atom. The van der Waals surface area contributed by atoms with E-state index in [-0.39, 0.29) is 16.9 Å². The lowest BCUT2D eigenvalue weighted by molar-refractivity contribution is -0.137. The van der Waals surface area contributed by atoms with E-state index in [2.05, 4.69) is 33.0 Å². The standard InChI is InChI=1S/C18H24F3N/c1-16(2)9-8-11-14(10-16)22-15-12(17(11,3)4)6-5-7-13(15)18(19,20)21/h5-7,11,14,22H,8-10H2,1-4H3/t11-,14?/m1/s1. The Morgan fingerprint density at radius 3 is 2.45 bits per heavy atom. The minimum atomic E-state index is -4.31. The quantitative estimate of drug-likeness (QED) is 0.657. The lowest BCUT2D eigenvalue weighted by atomic mass is 9.58. The van der Waals surface area contributed by atoms with E-state index >= 15 is 0 Å². The second-order valence-electron chi connectivity index (χ2n) is 8.21. The van der Waals surface area contributed by atoms with Gasteiger partial charge in [-0.2, -0.15) is 13.2 Å². The molecule has 1 aromatic carbocycles. The molecule has 1 aliphatic heterocycles. The first-order chi connectivity index (χ1) is 10.0. The molecule has 122 valence electrons. The Morgan fingerprint density at radius 1 is 1.14 bits per heavy atom. The summed E-state index contributed by atoms with van der Waals surface area (Å²) < 4.78 is 40.1. The van der Waals surface area contributed by atoms with Crippen molar-refractivity contribution in [1.29, 1.82) is 0 Å². The van der Waals surface area contributed by atoms with E-state index in [0.29, 0.717) is 11.6 Å². The zero-order valence-electron chi connectivity index (χ0n) is 13.6. The van der Waals surface area contributed by atoms with Crippen LogP contribution < -0.4 is 5.32 Å². The zero-order valence-corrected chi connectivity index (χ0v) is 13.6. The van der Waals surface area contributed by atoms with E-state index in [9.17, 15) is 13.2 Å². The van der Waals surface area contributed by atoms with E-state index in [0.717, 1.165) is 24.8 Å². The van der Waals surface area contributed by atoms with Crippen LogP contribution in [0.5, 0.6) is 0 Å². The normalized spacial score (nSPS) is 29.2. The van der Waals surface area contributed by atoms with Crippen LogP contribution >= 0.6 is 0 Å². The van der Waals surface area contributed by atoms with Gasteiger partial charge in [-0.05, 0) is 47.6 Å².